The monoisotopic (exact) mass is 516 g/mol. The molecule has 0 saturated heterocycles. The van der Waals surface area contributed by atoms with Gasteiger partial charge in [-0.25, -0.2) is 8.42 Å². The minimum absolute atomic E-state index is 0.123. The van der Waals surface area contributed by atoms with Crippen molar-refractivity contribution in [1.82, 2.24) is 4.57 Å². The summed E-state index contributed by atoms with van der Waals surface area (Å²) in [6, 6.07) is 9.39. The summed E-state index contributed by atoms with van der Waals surface area (Å²) in [7, 11) is -2.14. The molecule has 0 fully saturated rings. The second-order valence-corrected chi connectivity index (χ2v) is 10.6. The molecule has 0 radical (unpaired) electrons. The second kappa shape index (κ2) is 10.8. The first-order valence-electron chi connectivity index (χ1n) is 9.76. The normalized spacial score (nSPS) is 12.4. The van der Waals surface area contributed by atoms with Crippen molar-refractivity contribution in [3.63, 3.8) is 0 Å². The molecular formula is C21H22Cl2N2O5S2. The molecule has 0 bridgehead atoms. The highest BCUT2D eigenvalue weighted by atomic mass is 35.5. The van der Waals surface area contributed by atoms with Crippen molar-refractivity contribution in [2.75, 3.05) is 26.1 Å². The molecule has 172 valence electrons. The van der Waals surface area contributed by atoms with Crippen LogP contribution >= 0.6 is 34.5 Å². The topological polar surface area (TPSA) is 87.0 Å². The number of amides is 1. The summed E-state index contributed by atoms with van der Waals surface area (Å²) in [6.45, 7) is 3.26. The van der Waals surface area contributed by atoms with Crippen LogP contribution in [0.1, 0.15) is 13.3 Å². The maximum Gasteiger partial charge on any atom is 0.249 e. The zero-order valence-electron chi connectivity index (χ0n) is 17.5. The number of carbonyl (C=O) groups excluding carboxylic acids is 1. The summed E-state index contributed by atoms with van der Waals surface area (Å²) in [4.78, 5) is 17.2. The van der Waals surface area contributed by atoms with E-state index in [1.54, 1.807) is 28.8 Å². The largest absolute Gasteiger partial charge is 0.497 e. The molecular weight excluding hydrogens is 495 g/mol. The van der Waals surface area contributed by atoms with Crippen LogP contribution in [0.5, 0.6) is 5.75 Å². The highest BCUT2D eigenvalue weighted by Crippen LogP contribution is 2.31. The lowest BCUT2D eigenvalue weighted by atomic mass is 10.3. The summed E-state index contributed by atoms with van der Waals surface area (Å²) < 4.78 is 38.1. The van der Waals surface area contributed by atoms with E-state index < -0.39 is 15.7 Å². The summed E-state index contributed by atoms with van der Waals surface area (Å²) >= 11 is 13.9. The lowest BCUT2D eigenvalue weighted by molar-refractivity contribution is -0.117. The first kappa shape index (κ1) is 24.7. The Hall–Kier alpha value is -1.91. The quantitative estimate of drug-likeness (QED) is 0.394. The van der Waals surface area contributed by atoms with E-state index in [4.69, 9.17) is 32.7 Å². The molecule has 3 rings (SSSR count). The van der Waals surface area contributed by atoms with Crippen LogP contribution in [0.3, 0.4) is 0 Å². The van der Waals surface area contributed by atoms with E-state index in [-0.39, 0.29) is 17.1 Å². The van der Waals surface area contributed by atoms with Gasteiger partial charge in [-0.2, -0.15) is 4.99 Å². The zero-order valence-corrected chi connectivity index (χ0v) is 20.7. The van der Waals surface area contributed by atoms with Crippen molar-refractivity contribution >= 4 is 60.5 Å². The number of hydrogen-bond acceptors (Lipinski definition) is 6. The van der Waals surface area contributed by atoms with Gasteiger partial charge in [0.05, 0.1) is 44.6 Å². The van der Waals surface area contributed by atoms with E-state index in [2.05, 4.69) is 4.99 Å². The van der Waals surface area contributed by atoms with Gasteiger partial charge in [-0.1, -0.05) is 34.5 Å². The Balaban J connectivity index is 1.87. The molecule has 32 heavy (non-hydrogen) atoms. The van der Waals surface area contributed by atoms with Crippen molar-refractivity contribution in [2.45, 2.75) is 24.8 Å². The van der Waals surface area contributed by atoms with E-state index in [9.17, 15) is 13.2 Å². The third-order valence-electron chi connectivity index (χ3n) is 4.62. The number of methoxy groups -OCH3 is 1. The van der Waals surface area contributed by atoms with Gasteiger partial charge in [0.15, 0.2) is 14.6 Å². The van der Waals surface area contributed by atoms with Gasteiger partial charge in [0.2, 0.25) is 5.91 Å². The fourth-order valence-electron chi connectivity index (χ4n) is 2.99. The van der Waals surface area contributed by atoms with Gasteiger partial charge in [-0.15, -0.1) is 0 Å². The van der Waals surface area contributed by atoms with Crippen molar-refractivity contribution in [3.05, 3.63) is 51.2 Å². The van der Waals surface area contributed by atoms with Crippen LogP contribution in [0, 0.1) is 0 Å². The van der Waals surface area contributed by atoms with Crippen LogP contribution in [0.2, 0.25) is 10.0 Å². The third-order valence-corrected chi connectivity index (χ3v) is 8.19. The second-order valence-electron chi connectivity index (χ2n) is 6.69. The van der Waals surface area contributed by atoms with Crippen LogP contribution < -0.4 is 9.54 Å². The summed E-state index contributed by atoms with van der Waals surface area (Å²) in [6.07, 6.45) is -0.254. The van der Waals surface area contributed by atoms with Gasteiger partial charge in [0.1, 0.15) is 5.75 Å². The molecule has 0 aliphatic rings. The van der Waals surface area contributed by atoms with E-state index in [1.807, 2.05) is 6.92 Å². The van der Waals surface area contributed by atoms with Crippen molar-refractivity contribution in [2.24, 2.45) is 4.99 Å². The molecule has 0 aliphatic carbocycles. The number of benzene rings is 2. The summed E-state index contributed by atoms with van der Waals surface area (Å²) in [5, 5.41) is 0.976. The third kappa shape index (κ3) is 5.71. The van der Waals surface area contributed by atoms with E-state index in [0.29, 0.717) is 50.6 Å². The molecule has 7 nitrogen and oxygen atoms in total. The number of aromatic nitrogens is 1. The number of sulfone groups is 1. The predicted molar refractivity (Wildman–Crippen MR) is 127 cm³/mol. The molecule has 3 aromatic rings. The van der Waals surface area contributed by atoms with E-state index in [1.165, 1.54) is 30.6 Å². The SMILES string of the molecule is CCOCCn1c(=NC(=O)CCS(=O)(=O)c2ccc(OC)cc2)sc2c(Cl)ccc(Cl)c21. The van der Waals surface area contributed by atoms with Crippen LogP contribution in [-0.4, -0.2) is 45.0 Å². The molecule has 0 N–H and O–H groups in total. The maximum atomic E-state index is 12.6. The van der Waals surface area contributed by atoms with E-state index in [0.717, 1.165) is 0 Å². The zero-order chi connectivity index (χ0) is 23.3. The average molecular weight is 517 g/mol. The van der Waals surface area contributed by atoms with Crippen LogP contribution in [0.4, 0.5) is 0 Å². The fraction of sp³-hybridized carbons (Fsp3) is 0.333. The summed E-state index contributed by atoms with van der Waals surface area (Å²) in [5.41, 5.74) is 0.668. The molecule has 0 atom stereocenters. The molecule has 0 spiro atoms. The lowest BCUT2D eigenvalue weighted by Gasteiger charge is -2.07. The molecule has 1 heterocycles. The van der Waals surface area contributed by atoms with Crippen LogP contribution in [-0.2, 0) is 25.9 Å². The van der Waals surface area contributed by atoms with Crippen molar-refractivity contribution in [3.8, 4) is 5.75 Å². The number of fused-ring (bicyclic) bond motifs is 1. The number of thiazole rings is 1. The van der Waals surface area contributed by atoms with Crippen LogP contribution in [0.15, 0.2) is 46.3 Å². The Morgan fingerprint density at radius 2 is 1.81 bits per heavy atom. The minimum atomic E-state index is -3.64. The average Bonchev–Trinajstić information content (AvgIpc) is 3.14. The standard InChI is InChI=1S/C21H22Cl2N2O5S2/c1-3-30-12-11-25-19-16(22)8-9-17(23)20(19)31-21(25)24-18(26)10-13-32(27,28)15-6-4-14(29-2)5-7-15/h4-9H,3,10-13H2,1-2H3. The van der Waals surface area contributed by atoms with Gasteiger partial charge in [0.25, 0.3) is 0 Å². The number of carbonyl (C=O) groups is 1. The number of nitrogens with zero attached hydrogens (tertiary/aromatic N) is 2. The Morgan fingerprint density at radius 1 is 1.12 bits per heavy atom. The fourth-order valence-corrected chi connectivity index (χ4v) is 5.91. The molecule has 1 aromatic heterocycles. The number of hydrogen-bond donors (Lipinski definition) is 0. The van der Waals surface area contributed by atoms with Gasteiger partial charge in [-0.05, 0) is 43.3 Å². The highest BCUT2D eigenvalue weighted by molar-refractivity contribution is 7.91. The van der Waals surface area contributed by atoms with Gasteiger partial charge in [0, 0.05) is 19.6 Å². The van der Waals surface area contributed by atoms with Gasteiger partial charge < -0.3 is 14.0 Å². The molecule has 1 amide bonds. The highest BCUT2D eigenvalue weighted by Gasteiger charge is 2.18. The molecule has 0 unspecified atom stereocenters. The Kier molecular flexibility index (Phi) is 8.35. The Labute approximate surface area is 200 Å². The summed E-state index contributed by atoms with van der Waals surface area (Å²) in [5.74, 6) is -0.354. The number of ether oxygens (including phenoxy) is 2. The first-order chi connectivity index (χ1) is 15.3. The van der Waals surface area contributed by atoms with Crippen molar-refractivity contribution < 1.29 is 22.7 Å². The van der Waals surface area contributed by atoms with Crippen LogP contribution in [0.25, 0.3) is 10.2 Å². The smallest absolute Gasteiger partial charge is 0.249 e. The molecule has 0 aliphatic heterocycles. The van der Waals surface area contributed by atoms with Crippen molar-refractivity contribution in [1.29, 1.82) is 0 Å². The predicted octanol–water partition coefficient (Wildman–Crippen LogP) is 4.35. The lowest BCUT2D eigenvalue weighted by Crippen LogP contribution is -2.20. The first-order valence-corrected chi connectivity index (χ1v) is 13.0. The number of halogens is 2. The Bertz CT molecular complexity index is 1280. The maximum absolute atomic E-state index is 12.6. The molecule has 2 aromatic carbocycles. The molecule has 0 saturated carbocycles. The minimum Gasteiger partial charge on any atom is -0.497 e. The van der Waals surface area contributed by atoms with Gasteiger partial charge >= 0.3 is 0 Å². The molecule has 11 heteroatoms. The number of rotatable bonds is 9. The van der Waals surface area contributed by atoms with Gasteiger partial charge in [-0.3, -0.25) is 4.79 Å². The Morgan fingerprint density at radius 3 is 2.47 bits per heavy atom. The van der Waals surface area contributed by atoms with E-state index >= 15 is 0 Å².